The molecule has 1 aromatic heterocycles. The van der Waals surface area contributed by atoms with Gasteiger partial charge in [0, 0.05) is 18.0 Å². The number of hydrogen-bond acceptors (Lipinski definition) is 4. The molecule has 0 unspecified atom stereocenters. The first-order valence-electron chi connectivity index (χ1n) is 7.70. The van der Waals surface area contributed by atoms with Crippen molar-refractivity contribution in [2.24, 2.45) is 4.99 Å². The molecule has 0 saturated carbocycles. The Bertz CT molecular complexity index is 875. The Morgan fingerprint density at radius 2 is 1.88 bits per heavy atom. The van der Waals surface area contributed by atoms with Gasteiger partial charge in [-0.05, 0) is 42.0 Å². The number of ether oxygens (including phenoxy) is 1. The molecule has 3 aromatic rings. The lowest BCUT2D eigenvalue weighted by atomic mass is 10.1. The summed E-state index contributed by atoms with van der Waals surface area (Å²) in [5.74, 6) is -0.234. The van der Waals surface area contributed by atoms with Gasteiger partial charge >= 0.3 is 5.97 Å². The maximum Gasteiger partial charge on any atom is 0.335 e. The molecule has 5 nitrogen and oxygen atoms in total. The molecule has 1 heterocycles. The highest BCUT2D eigenvalue weighted by atomic mass is 16.5. The summed E-state index contributed by atoms with van der Waals surface area (Å²) in [6.07, 6.45) is 5.12. The van der Waals surface area contributed by atoms with E-state index in [1.54, 1.807) is 42.9 Å². The number of benzene rings is 2. The fraction of sp³-hybridized carbons (Fsp3) is 0.0500. The van der Waals surface area contributed by atoms with Crippen molar-refractivity contribution >= 4 is 17.9 Å². The number of carboxylic acids is 1. The van der Waals surface area contributed by atoms with Crippen LogP contribution in [0.2, 0.25) is 0 Å². The fourth-order valence-corrected chi connectivity index (χ4v) is 2.20. The molecule has 0 spiro atoms. The van der Waals surface area contributed by atoms with Crippen LogP contribution in [0.4, 0.5) is 5.69 Å². The van der Waals surface area contributed by atoms with Crippen molar-refractivity contribution in [3.8, 4) is 5.75 Å². The number of carbonyl (C=O) groups is 1. The molecule has 0 aliphatic carbocycles. The molecule has 0 radical (unpaired) electrons. The quantitative estimate of drug-likeness (QED) is 0.690. The number of carboxylic acid groups (broad SMARTS) is 1. The van der Waals surface area contributed by atoms with Gasteiger partial charge in [0.15, 0.2) is 0 Å². The van der Waals surface area contributed by atoms with Gasteiger partial charge in [-0.3, -0.25) is 9.98 Å². The van der Waals surface area contributed by atoms with Crippen LogP contribution in [-0.4, -0.2) is 22.3 Å². The van der Waals surface area contributed by atoms with Crippen LogP contribution >= 0.6 is 0 Å². The Labute approximate surface area is 145 Å². The predicted octanol–water partition coefficient (Wildman–Crippen LogP) is 4.11. The topological polar surface area (TPSA) is 71.8 Å². The molecule has 0 aliphatic rings. The molecular weight excluding hydrogens is 316 g/mol. The highest BCUT2D eigenvalue weighted by molar-refractivity contribution is 5.87. The van der Waals surface area contributed by atoms with Crippen molar-refractivity contribution < 1.29 is 14.6 Å². The van der Waals surface area contributed by atoms with Gasteiger partial charge in [-0.25, -0.2) is 4.79 Å². The van der Waals surface area contributed by atoms with Crippen molar-refractivity contribution in [2.75, 3.05) is 0 Å². The molecule has 0 amide bonds. The molecule has 5 heteroatoms. The van der Waals surface area contributed by atoms with Crippen LogP contribution in [0.25, 0.3) is 0 Å². The molecular formula is C20H16N2O3. The lowest BCUT2D eigenvalue weighted by Gasteiger charge is -2.09. The van der Waals surface area contributed by atoms with Gasteiger partial charge in [0.2, 0.25) is 0 Å². The van der Waals surface area contributed by atoms with E-state index in [9.17, 15) is 4.79 Å². The third kappa shape index (κ3) is 4.51. The normalized spacial score (nSPS) is 10.7. The Hall–Kier alpha value is -3.47. The summed E-state index contributed by atoms with van der Waals surface area (Å²) in [5, 5.41) is 8.92. The predicted molar refractivity (Wildman–Crippen MR) is 95.7 cm³/mol. The van der Waals surface area contributed by atoms with E-state index in [0.29, 0.717) is 12.4 Å². The second-order valence-electron chi connectivity index (χ2n) is 5.30. The number of pyridine rings is 1. The first-order valence-corrected chi connectivity index (χ1v) is 7.70. The monoisotopic (exact) mass is 332 g/mol. The molecule has 25 heavy (non-hydrogen) atoms. The van der Waals surface area contributed by atoms with Gasteiger partial charge in [0.25, 0.3) is 0 Å². The maximum atomic E-state index is 10.9. The number of aromatic nitrogens is 1. The van der Waals surface area contributed by atoms with E-state index in [1.165, 1.54) is 0 Å². The number of nitrogens with zero attached hydrogens (tertiary/aromatic N) is 2. The van der Waals surface area contributed by atoms with Crippen molar-refractivity contribution in [1.82, 2.24) is 4.98 Å². The van der Waals surface area contributed by atoms with Gasteiger partial charge in [0.1, 0.15) is 12.4 Å². The van der Waals surface area contributed by atoms with Crippen LogP contribution in [0.3, 0.4) is 0 Å². The maximum absolute atomic E-state index is 10.9. The number of aromatic carboxylic acids is 1. The summed E-state index contributed by atoms with van der Waals surface area (Å²) in [6.45, 7) is 0.345. The highest BCUT2D eigenvalue weighted by Gasteiger charge is 2.04. The van der Waals surface area contributed by atoms with E-state index in [4.69, 9.17) is 9.84 Å². The lowest BCUT2D eigenvalue weighted by Crippen LogP contribution is -2.00. The van der Waals surface area contributed by atoms with E-state index in [2.05, 4.69) is 9.98 Å². The molecule has 0 aliphatic heterocycles. The van der Waals surface area contributed by atoms with Crippen LogP contribution in [0.15, 0.2) is 78.0 Å². The van der Waals surface area contributed by atoms with Gasteiger partial charge in [-0.1, -0.05) is 24.3 Å². The average Bonchev–Trinajstić information content (AvgIpc) is 2.66. The fourth-order valence-electron chi connectivity index (χ4n) is 2.20. The zero-order valence-corrected chi connectivity index (χ0v) is 13.4. The zero-order valence-electron chi connectivity index (χ0n) is 13.4. The smallest absolute Gasteiger partial charge is 0.335 e. The van der Waals surface area contributed by atoms with Crippen LogP contribution < -0.4 is 4.74 Å². The summed E-state index contributed by atoms with van der Waals surface area (Å²) >= 11 is 0. The zero-order chi connectivity index (χ0) is 17.5. The molecule has 1 N–H and O–H groups in total. The second kappa shape index (κ2) is 7.88. The Balaban J connectivity index is 1.70. The van der Waals surface area contributed by atoms with Crippen LogP contribution in [-0.2, 0) is 6.61 Å². The van der Waals surface area contributed by atoms with E-state index < -0.39 is 5.97 Å². The van der Waals surface area contributed by atoms with Crippen LogP contribution in [0, 0.1) is 0 Å². The molecule has 0 fully saturated rings. The van der Waals surface area contributed by atoms with Gasteiger partial charge in [0.05, 0.1) is 17.4 Å². The Morgan fingerprint density at radius 1 is 1.08 bits per heavy atom. The van der Waals surface area contributed by atoms with Crippen molar-refractivity contribution in [3.05, 3.63) is 89.7 Å². The van der Waals surface area contributed by atoms with E-state index in [0.717, 1.165) is 16.8 Å². The first-order chi connectivity index (χ1) is 12.2. The van der Waals surface area contributed by atoms with Crippen molar-refractivity contribution in [3.63, 3.8) is 0 Å². The van der Waals surface area contributed by atoms with Crippen LogP contribution in [0.5, 0.6) is 5.75 Å². The summed E-state index contributed by atoms with van der Waals surface area (Å²) in [6, 6.07) is 17.9. The molecule has 0 bridgehead atoms. The van der Waals surface area contributed by atoms with E-state index >= 15 is 0 Å². The minimum absolute atomic E-state index is 0.257. The lowest BCUT2D eigenvalue weighted by molar-refractivity contribution is 0.0697. The minimum atomic E-state index is -0.940. The number of para-hydroxylation sites is 1. The largest absolute Gasteiger partial charge is 0.488 e. The van der Waals surface area contributed by atoms with Gasteiger partial charge in [-0.2, -0.15) is 0 Å². The third-order valence-corrected chi connectivity index (χ3v) is 3.51. The second-order valence-corrected chi connectivity index (χ2v) is 5.30. The number of aliphatic imine (C=N–C) groups is 1. The molecule has 124 valence electrons. The van der Waals surface area contributed by atoms with Gasteiger partial charge < -0.3 is 9.84 Å². The molecule has 0 saturated heterocycles. The summed E-state index contributed by atoms with van der Waals surface area (Å²) in [7, 11) is 0. The summed E-state index contributed by atoms with van der Waals surface area (Å²) in [4.78, 5) is 19.3. The van der Waals surface area contributed by atoms with Crippen LogP contribution in [0.1, 0.15) is 21.5 Å². The highest BCUT2D eigenvalue weighted by Crippen LogP contribution is 2.19. The Morgan fingerprint density at radius 3 is 2.60 bits per heavy atom. The SMILES string of the molecule is O=C(O)c1ccc(COc2ccccc2C=Nc2cccnc2)cc1. The minimum Gasteiger partial charge on any atom is -0.488 e. The Kier molecular flexibility index (Phi) is 5.16. The molecule has 0 atom stereocenters. The standard InChI is InChI=1S/C20H16N2O3/c23-20(24)16-9-7-15(8-10-16)14-25-19-6-2-1-4-17(19)12-22-18-5-3-11-21-13-18/h1-13H,14H2,(H,23,24). The summed E-state index contributed by atoms with van der Waals surface area (Å²) in [5.41, 5.74) is 2.77. The van der Waals surface area contributed by atoms with Gasteiger partial charge in [-0.15, -0.1) is 0 Å². The molecule has 3 rings (SSSR count). The number of hydrogen-bond donors (Lipinski definition) is 1. The molecule has 2 aromatic carbocycles. The van der Waals surface area contributed by atoms with E-state index in [1.807, 2.05) is 36.4 Å². The average molecular weight is 332 g/mol. The summed E-state index contributed by atoms with van der Waals surface area (Å²) < 4.78 is 5.86. The first kappa shape index (κ1) is 16.4. The van der Waals surface area contributed by atoms with Crippen molar-refractivity contribution in [2.45, 2.75) is 6.61 Å². The van der Waals surface area contributed by atoms with E-state index in [-0.39, 0.29) is 5.56 Å². The number of rotatable bonds is 6. The van der Waals surface area contributed by atoms with Crippen molar-refractivity contribution in [1.29, 1.82) is 0 Å². The third-order valence-electron chi connectivity index (χ3n) is 3.51.